The van der Waals surface area contributed by atoms with E-state index < -0.39 is 0 Å². The van der Waals surface area contributed by atoms with Crippen molar-refractivity contribution in [2.75, 3.05) is 0 Å². The largest absolute Gasteiger partial charge is 0.489 e. The first-order valence-corrected chi connectivity index (χ1v) is 9.62. The molecule has 6 nitrogen and oxygen atoms in total. The van der Waals surface area contributed by atoms with Crippen molar-refractivity contribution < 1.29 is 9.53 Å². The molecule has 0 atom stereocenters. The standard InChI is InChI=1S/C23H17ClN4O2/c24-19-6-9-22-27-20(14-28(22)13-19)12-26-23(29)18-3-1-2-17(10-18)15-30-21-7-4-16(11-25)5-8-21/h1-10,13-14H,12,15H2,(H,26,29). The molecule has 0 saturated heterocycles. The molecule has 4 aromatic rings. The first kappa shape index (κ1) is 19.5. The predicted molar refractivity (Wildman–Crippen MR) is 113 cm³/mol. The van der Waals surface area contributed by atoms with Gasteiger partial charge in [0, 0.05) is 18.0 Å². The van der Waals surface area contributed by atoms with Crippen molar-refractivity contribution in [3.05, 3.63) is 100 Å². The van der Waals surface area contributed by atoms with Crippen LogP contribution in [0.3, 0.4) is 0 Å². The number of ether oxygens (including phenoxy) is 1. The minimum atomic E-state index is -0.190. The number of nitrogens with one attached hydrogen (secondary N) is 1. The molecule has 4 rings (SSSR count). The number of imidazole rings is 1. The van der Waals surface area contributed by atoms with Crippen LogP contribution in [0, 0.1) is 11.3 Å². The molecule has 0 radical (unpaired) electrons. The number of hydrogen-bond donors (Lipinski definition) is 1. The van der Waals surface area contributed by atoms with Crippen LogP contribution in [-0.2, 0) is 13.2 Å². The van der Waals surface area contributed by atoms with Gasteiger partial charge in [-0.25, -0.2) is 4.98 Å². The number of rotatable bonds is 6. The Morgan fingerprint density at radius 2 is 1.97 bits per heavy atom. The molecule has 2 heterocycles. The minimum absolute atomic E-state index is 0.190. The fourth-order valence-electron chi connectivity index (χ4n) is 2.97. The molecular formula is C23H17ClN4O2. The lowest BCUT2D eigenvalue weighted by Gasteiger charge is -2.08. The zero-order valence-electron chi connectivity index (χ0n) is 15.9. The number of pyridine rings is 1. The van der Waals surface area contributed by atoms with Crippen molar-refractivity contribution in [1.29, 1.82) is 5.26 Å². The summed E-state index contributed by atoms with van der Waals surface area (Å²) < 4.78 is 7.56. The topological polar surface area (TPSA) is 79.4 Å². The first-order chi connectivity index (χ1) is 14.6. The summed E-state index contributed by atoms with van der Waals surface area (Å²) in [5.74, 6) is 0.473. The average Bonchev–Trinajstić information content (AvgIpc) is 3.18. The van der Waals surface area contributed by atoms with Crippen LogP contribution < -0.4 is 10.1 Å². The van der Waals surface area contributed by atoms with E-state index in [2.05, 4.69) is 16.4 Å². The maximum absolute atomic E-state index is 12.5. The van der Waals surface area contributed by atoms with Gasteiger partial charge < -0.3 is 14.5 Å². The molecule has 0 aliphatic rings. The highest BCUT2D eigenvalue weighted by Crippen LogP contribution is 2.15. The molecule has 0 bridgehead atoms. The Labute approximate surface area is 178 Å². The van der Waals surface area contributed by atoms with Gasteiger partial charge >= 0.3 is 0 Å². The van der Waals surface area contributed by atoms with Crippen LogP contribution in [0.1, 0.15) is 27.2 Å². The fourth-order valence-corrected chi connectivity index (χ4v) is 3.14. The molecule has 1 N–H and O–H groups in total. The molecule has 7 heteroatoms. The number of nitrogens with zero attached hydrogens (tertiary/aromatic N) is 3. The molecular weight excluding hydrogens is 400 g/mol. The minimum Gasteiger partial charge on any atom is -0.489 e. The van der Waals surface area contributed by atoms with Crippen molar-refractivity contribution in [1.82, 2.24) is 14.7 Å². The second-order valence-electron chi connectivity index (χ2n) is 6.65. The summed E-state index contributed by atoms with van der Waals surface area (Å²) in [7, 11) is 0. The molecule has 0 fully saturated rings. The van der Waals surface area contributed by atoms with Crippen LogP contribution in [0.5, 0.6) is 5.75 Å². The van der Waals surface area contributed by atoms with Gasteiger partial charge in [-0.2, -0.15) is 5.26 Å². The summed E-state index contributed by atoms with van der Waals surface area (Å²) >= 11 is 5.99. The Balaban J connectivity index is 1.37. The van der Waals surface area contributed by atoms with E-state index in [1.807, 2.05) is 28.8 Å². The zero-order chi connectivity index (χ0) is 20.9. The predicted octanol–water partition coefficient (Wildman–Crippen LogP) is 4.37. The van der Waals surface area contributed by atoms with Gasteiger partial charge in [-0.15, -0.1) is 0 Å². The molecule has 30 heavy (non-hydrogen) atoms. The lowest BCUT2D eigenvalue weighted by molar-refractivity contribution is 0.0950. The molecule has 0 saturated carbocycles. The number of halogens is 1. The van der Waals surface area contributed by atoms with Gasteiger partial charge in [-0.1, -0.05) is 23.7 Å². The Morgan fingerprint density at radius 1 is 1.13 bits per heavy atom. The molecule has 2 aromatic heterocycles. The highest BCUT2D eigenvalue weighted by Gasteiger charge is 2.09. The fraction of sp³-hybridized carbons (Fsp3) is 0.0870. The number of amides is 1. The van der Waals surface area contributed by atoms with E-state index in [4.69, 9.17) is 21.6 Å². The number of carbonyl (C=O) groups excluding carboxylic acids is 1. The van der Waals surface area contributed by atoms with Gasteiger partial charge in [-0.05, 0) is 54.1 Å². The summed E-state index contributed by atoms with van der Waals surface area (Å²) in [6, 6.07) is 19.8. The summed E-state index contributed by atoms with van der Waals surface area (Å²) in [4.78, 5) is 17.0. The summed E-state index contributed by atoms with van der Waals surface area (Å²) in [5, 5.41) is 12.4. The monoisotopic (exact) mass is 416 g/mol. The van der Waals surface area contributed by atoms with Crippen LogP contribution >= 0.6 is 11.6 Å². The number of nitriles is 1. The molecule has 2 aromatic carbocycles. The smallest absolute Gasteiger partial charge is 0.251 e. The van der Waals surface area contributed by atoms with E-state index in [1.54, 1.807) is 48.7 Å². The first-order valence-electron chi connectivity index (χ1n) is 9.24. The molecule has 0 spiro atoms. The summed E-state index contributed by atoms with van der Waals surface area (Å²) in [6.07, 6.45) is 3.61. The Hall–Kier alpha value is -3.82. The van der Waals surface area contributed by atoms with Crippen LogP contribution in [0.25, 0.3) is 5.65 Å². The highest BCUT2D eigenvalue weighted by molar-refractivity contribution is 6.30. The third kappa shape index (κ3) is 4.59. The van der Waals surface area contributed by atoms with Gasteiger partial charge in [0.2, 0.25) is 0 Å². The number of benzene rings is 2. The second-order valence-corrected chi connectivity index (χ2v) is 7.09. The Bertz CT molecular complexity index is 1240. The SMILES string of the molecule is N#Cc1ccc(OCc2cccc(C(=O)NCc3cn4cc(Cl)ccc4n3)c2)cc1. The Morgan fingerprint density at radius 3 is 2.77 bits per heavy atom. The number of aromatic nitrogens is 2. The van der Waals surface area contributed by atoms with Gasteiger partial charge in [0.15, 0.2) is 0 Å². The van der Waals surface area contributed by atoms with E-state index in [9.17, 15) is 4.79 Å². The van der Waals surface area contributed by atoms with Gasteiger partial charge in [-0.3, -0.25) is 4.79 Å². The maximum Gasteiger partial charge on any atom is 0.251 e. The quantitative estimate of drug-likeness (QED) is 0.506. The van der Waals surface area contributed by atoms with E-state index >= 15 is 0 Å². The third-order valence-corrected chi connectivity index (χ3v) is 4.70. The van der Waals surface area contributed by atoms with E-state index in [-0.39, 0.29) is 5.91 Å². The number of carbonyl (C=O) groups is 1. The van der Waals surface area contributed by atoms with Gasteiger partial charge in [0.25, 0.3) is 5.91 Å². The van der Waals surface area contributed by atoms with Crippen molar-refractivity contribution in [2.45, 2.75) is 13.2 Å². The van der Waals surface area contributed by atoms with Crippen LogP contribution in [0.4, 0.5) is 0 Å². The molecule has 1 amide bonds. The van der Waals surface area contributed by atoms with Crippen molar-refractivity contribution >= 4 is 23.2 Å². The maximum atomic E-state index is 12.5. The van der Waals surface area contributed by atoms with E-state index in [0.29, 0.717) is 35.1 Å². The molecule has 0 unspecified atom stereocenters. The number of fused-ring (bicyclic) bond motifs is 1. The van der Waals surface area contributed by atoms with E-state index in [0.717, 1.165) is 16.9 Å². The van der Waals surface area contributed by atoms with Gasteiger partial charge in [0.1, 0.15) is 18.0 Å². The number of hydrogen-bond acceptors (Lipinski definition) is 4. The van der Waals surface area contributed by atoms with Crippen molar-refractivity contribution in [2.24, 2.45) is 0 Å². The Kier molecular flexibility index (Phi) is 5.64. The lowest BCUT2D eigenvalue weighted by atomic mass is 10.1. The van der Waals surface area contributed by atoms with Crippen LogP contribution in [0.2, 0.25) is 5.02 Å². The normalized spacial score (nSPS) is 10.5. The van der Waals surface area contributed by atoms with Crippen LogP contribution in [0.15, 0.2) is 73.1 Å². The summed E-state index contributed by atoms with van der Waals surface area (Å²) in [6.45, 7) is 0.629. The molecule has 0 aliphatic carbocycles. The van der Waals surface area contributed by atoms with Crippen LogP contribution in [-0.4, -0.2) is 15.3 Å². The summed E-state index contributed by atoms with van der Waals surface area (Å²) in [5.41, 5.74) is 3.50. The van der Waals surface area contributed by atoms with Crippen molar-refractivity contribution in [3.8, 4) is 11.8 Å². The van der Waals surface area contributed by atoms with Crippen molar-refractivity contribution in [3.63, 3.8) is 0 Å². The lowest BCUT2D eigenvalue weighted by Crippen LogP contribution is -2.23. The third-order valence-electron chi connectivity index (χ3n) is 4.47. The average molecular weight is 417 g/mol. The molecule has 148 valence electrons. The van der Waals surface area contributed by atoms with E-state index in [1.165, 1.54) is 0 Å². The highest BCUT2D eigenvalue weighted by atomic mass is 35.5. The zero-order valence-corrected chi connectivity index (χ0v) is 16.6. The second kappa shape index (κ2) is 8.68. The molecule has 0 aliphatic heterocycles. The van der Waals surface area contributed by atoms with Gasteiger partial charge in [0.05, 0.1) is 28.9 Å².